The second-order valence-corrected chi connectivity index (χ2v) is 6.73. The molecule has 152 valence electrons. The first-order chi connectivity index (χ1) is 14.5. The molecule has 0 unspecified atom stereocenters. The Hall–Kier alpha value is -4.01. The minimum Gasteiger partial charge on any atom is -0.497 e. The topological polar surface area (TPSA) is 108 Å². The Bertz CT molecular complexity index is 1150. The van der Waals surface area contributed by atoms with Crippen LogP contribution in [0.5, 0.6) is 5.75 Å². The summed E-state index contributed by atoms with van der Waals surface area (Å²) in [6, 6.07) is 13.5. The third kappa shape index (κ3) is 3.30. The molecule has 3 aromatic rings. The van der Waals surface area contributed by atoms with Gasteiger partial charge in [0.2, 0.25) is 5.95 Å². The minimum absolute atomic E-state index is 0.00167. The number of carbonyl (C=O) groups is 2. The molecule has 9 nitrogen and oxygen atoms in total. The standard InChI is InChI=1S/C21H19N5O4/c1-12-7-9-13(10-8-12)19(27)16-17(20(28)30-3)22-21-23-24-25-26(21)18(16)14-5-4-6-15(11-14)29-2/h4-11,18H,1-3H3,(H,22,23,25)/t18-/m0/s1. The molecule has 0 saturated heterocycles. The third-order valence-corrected chi connectivity index (χ3v) is 4.87. The van der Waals surface area contributed by atoms with Crippen molar-refractivity contribution in [3.63, 3.8) is 0 Å². The number of benzene rings is 2. The van der Waals surface area contributed by atoms with Gasteiger partial charge in [-0.2, -0.15) is 4.68 Å². The number of tetrazole rings is 1. The number of hydrogen-bond donors (Lipinski definition) is 1. The van der Waals surface area contributed by atoms with E-state index in [4.69, 9.17) is 9.47 Å². The predicted molar refractivity (Wildman–Crippen MR) is 107 cm³/mol. The second kappa shape index (κ2) is 7.78. The summed E-state index contributed by atoms with van der Waals surface area (Å²) < 4.78 is 11.7. The summed E-state index contributed by atoms with van der Waals surface area (Å²) in [5.74, 6) is -0.199. The normalized spacial score (nSPS) is 15.2. The molecule has 0 aliphatic carbocycles. The van der Waals surface area contributed by atoms with Crippen LogP contribution in [0.3, 0.4) is 0 Å². The number of anilines is 1. The van der Waals surface area contributed by atoms with Crippen molar-refractivity contribution in [1.29, 1.82) is 0 Å². The summed E-state index contributed by atoms with van der Waals surface area (Å²) in [5.41, 5.74) is 2.31. The zero-order valence-electron chi connectivity index (χ0n) is 16.6. The van der Waals surface area contributed by atoms with Crippen molar-refractivity contribution >= 4 is 17.7 Å². The van der Waals surface area contributed by atoms with E-state index in [1.165, 1.54) is 11.8 Å². The molecule has 0 saturated carbocycles. The summed E-state index contributed by atoms with van der Waals surface area (Å²) in [6.45, 7) is 1.93. The van der Waals surface area contributed by atoms with E-state index in [2.05, 4.69) is 20.8 Å². The van der Waals surface area contributed by atoms with Crippen LogP contribution in [0.15, 0.2) is 59.8 Å². The summed E-state index contributed by atoms with van der Waals surface area (Å²) in [4.78, 5) is 26.2. The number of methoxy groups -OCH3 is 2. The molecule has 1 atom stereocenters. The number of ether oxygens (including phenoxy) is 2. The smallest absolute Gasteiger partial charge is 0.355 e. The first-order valence-electron chi connectivity index (χ1n) is 9.16. The summed E-state index contributed by atoms with van der Waals surface area (Å²) in [5, 5.41) is 14.5. The van der Waals surface area contributed by atoms with Crippen LogP contribution in [0.4, 0.5) is 5.95 Å². The maximum Gasteiger partial charge on any atom is 0.355 e. The number of esters is 1. The summed E-state index contributed by atoms with van der Waals surface area (Å²) >= 11 is 0. The zero-order chi connectivity index (χ0) is 21.3. The van der Waals surface area contributed by atoms with E-state index in [1.54, 1.807) is 37.4 Å². The number of hydrogen-bond acceptors (Lipinski definition) is 8. The van der Waals surface area contributed by atoms with Crippen molar-refractivity contribution in [2.45, 2.75) is 13.0 Å². The molecule has 1 aromatic heterocycles. The molecule has 1 N–H and O–H groups in total. The van der Waals surface area contributed by atoms with Crippen molar-refractivity contribution in [2.24, 2.45) is 0 Å². The number of fused-ring (bicyclic) bond motifs is 1. The molecule has 1 aliphatic heterocycles. The fourth-order valence-electron chi connectivity index (χ4n) is 3.37. The molecular formula is C21H19N5O4. The van der Waals surface area contributed by atoms with Gasteiger partial charge in [0.25, 0.3) is 0 Å². The van der Waals surface area contributed by atoms with Crippen molar-refractivity contribution in [3.8, 4) is 5.75 Å². The van der Waals surface area contributed by atoms with Gasteiger partial charge in [0.15, 0.2) is 5.78 Å². The largest absolute Gasteiger partial charge is 0.497 e. The highest BCUT2D eigenvalue weighted by Crippen LogP contribution is 2.37. The van der Waals surface area contributed by atoms with Gasteiger partial charge in [-0.3, -0.25) is 4.79 Å². The summed E-state index contributed by atoms with van der Waals surface area (Å²) in [7, 11) is 2.81. The number of Topliss-reactive ketones (excluding diaryl/α,β-unsaturated/α-hetero) is 1. The van der Waals surface area contributed by atoms with Gasteiger partial charge >= 0.3 is 5.97 Å². The molecule has 9 heteroatoms. The van der Waals surface area contributed by atoms with Crippen molar-refractivity contribution < 1.29 is 19.1 Å². The van der Waals surface area contributed by atoms with Gasteiger partial charge in [-0.25, -0.2) is 4.79 Å². The highest BCUT2D eigenvalue weighted by atomic mass is 16.5. The molecule has 30 heavy (non-hydrogen) atoms. The van der Waals surface area contributed by atoms with Gasteiger partial charge in [-0.15, -0.1) is 0 Å². The van der Waals surface area contributed by atoms with Crippen LogP contribution in [-0.4, -0.2) is 46.2 Å². The number of carbonyl (C=O) groups excluding carboxylic acids is 2. The second-order valence-electron chi connectivity index (χ2n) is 6.73. The van der Waals surface area contributed by atoms with Crippen LogP contribution >= 0.6 is 0 Å². The molecular weight excluding hydrogens is 386 g/mol. The van der Waals surface area contributed by atoms with Crippen molar-refractivity contribution in [3.05, 3.63) is 76.5 Å². The van der Waals surface area contributed by atoms with Gasteiger partial charge in [-0.1, -0.05) is 47.1 Å². The van der Waals surface area contributed by atoms with E-state index in [-0.39, 0.29) is 23.0 Å². The van der Waals surface area contributed by atoms with Gasteiger partial charge in [0.1, 0.15) is 17.5 Å². The highest BCUT2D eigenvalue weighted by Gasteiger charge is 2.38. The number of aryl methyl sites for hydroxylation is 1. The lowest BCUT2D eigenvalue weighted by Crippen LogP contribution is -2.33. The molecule has 0 radical (unpaired) electrons. The molecule has 0 bridgehead atoms. The fraction of sp³-hybridized carbons (Fsp3) is 0.190. The van der Waals surface area contributed by atoms with E-state index in [9.17, 15) is 9.59 Å². The van der Waals surface area contributed by atoms with Gasteiger partial charge in [0, 0.05) is 5.56 Å². The molecule has 1 aliphatic rings. The monoisotopic (exact) mass is 405 g/mol. The van der Waals surface area contributed by atoms with Crippen molar-refractivity contribution in [1.82, 2.24) is 20.2 Å². The zero-order valence-corrected chi connectivity index (χ0v) is 16.6. The van der Waals surface area contributed by atoms with E-state index in [1.807, 2.05) is 25.1 Å². The average molecular weight is 405 g/mol. The Morgan fingerprint density at radius 3 is 2.57 bits per heavy atom. The van der Waals surface area contributed by atoms with E-state index in [0.29, 0.717) is 16.9 Å². The third-order valence-electron chi connectivity index (χ3n) is 4.87. The highest BCUT2D eigenvalue weighted by molar-refractivity contribution is 6.14. The van der Waals surface area contributed by atoms with Gasteiger partial charge in [0.05, 0.1) is 19.8 Å². The number of nitrogens with one attached hydrogen (secondary N) is 1. The molecule has 4 rings (SSSR count). The molecule has 0 amide bonds. The minimum atomic E-state index is -0.755. The summed E-state index contributed by atoms with van der Waals surface area (Å²) in [6.07, 6.45) is 0. The van der Waals surface area contributed by atoms with E-state index >= 15 is 0 Å². The maximum atomic E-state index is 13.6. The van der Waals surface area contributed by atoms with Crippen LogP contribution in [0.2, 0.25) is 0 Å². The fourth-order valence-corrected chi connectivity index (χ4v) is 3.37. The molecule has 0 spiro atoms. The van der Waals surface area contributed by atoms with Crippen LogP contribution in [0.25, 0.3) is 0 Å². The van der Waals surface area contributed by atoms with Crippen LogP contribution < -0.4 is 10.1 Å². The number of rotatable bonds is 5. The maximum absolute atomic E-state index is 13.6. The predicted octanol–water partition coefficient (Wildman–Crippen LogP) is 2.32. The van der Waals surface area contributed by atoms with Crippen LogP contribution in [0, 0.1) is 6.92 Å². The average Bonchev–Trinajstić information content (AvgIpc) is 3.25. The van der Waals surface area contributed by atoms with Crippen LogP contribution in [0.1, 0.15) is 27.5 Å². The van der Waals surface area contributed by atoms with E-state index < -0.39 is 12.0 Å². The van der Waals surface area contributed by atoms with Gasteiger partial charge in [-0.05, 0) is 35.0 Å². The Labute approximate surface area is 172 Å². The number of nitrogens with zero attached hydrogens (tertiary/aromatic N) is 4. The lowest BCUT2D eigenvalue weighted by Gasteiger charge is -2.28. The number of ketones is 1. The number of allylic oxidation sites excluding steroid dienone is 1. The Morgan fingerprint density at radius 1 is 1.10 bits per heavy atom. The lowest BCUT2D eigenvalue weighted by atomic mass is 9.89. The molecule has 2 aromatic carbocycles. The molecule has 2 heterocycles. The van der Waals surface area contributed by atoms with Gasteiger partial charge < -0.3 is 14.8 Å². The van der Waals surface area contributed by atoms with Crippen molar-refractivity contribution in [2.75, 3.05) is 19.5 Å². The first-order valence-corrected chi connectivity index (χ1v) is 9.16. The lowest BCUT2D eigenvalue weighted by molar-refractivity contribution is -0.136. The Balaban J connectivity index is 1.95. The first kappa shape index (κ1) is 19.3. The van der Waals surface area contributed by atoms with E-state index in [0.717, 1.165) is 5.56 Å². The Morgan fingerprint density at radius 2 is 1.87 bits per heavy atom. The SMILES string of the molecule is COC(=O)C1=C(C(=O)c2ccc(C)cc2)[C@H](c2cccc(OC)c2)n2nnnc2N1. The quantitative estimate of drug-likeness (QED) is 0.509. The molecule has 0 fully saturated rings. The Kier molecular flexibility index (Phi) is 5.01. The number of aromatic nitrogens is 4. The van der Waals surface area contributed by atoms with Crippen LogP contribution in [-0.2, 0) is 9.53 Å².